The molecule has 1 aliphatic heterocycles. The van der Waals surface area contributed by atoms with Gasteiger partial charge in [0, 0.05) is 0 Å². The monoisotopic (exact) mass is 249 g/mol. The van der Waals surface area contributed by atoms with Crippen LogP contribution >= 0.6 is 0 Å². The summed E-state index contributed by atoms with van der Waals surface area (Å²) in [6, 6.07) is 7.14. The highest BCUT2D eigenvalue weighted by molar-refractivity contribution is 6.02. The molecule has 0 saturated carbocycles. The Kier molecular flexibility index (Phi) is 3.50. The maximum Gasteiger partial charge on any atom is 0.326 e. The molecule has 0 fully saturated rings. The molecule has 1 unspecified atom stereocenters. The Bertz CT molecular complexity index is 472. The van der Waals surface area contributed by atoms with Gasteiger partial charge < -0.3 is 9.47 Å². The predicted octanol–water partition coefficient (Wildman–Crippen LogP) is 1.36. The minimum absolute atomic E-state index is 0.0859. The Labute approximate surface area is 105 Å². The summed E-state index contributed by atoms with van der Waals surface area (Å²) in [7, 11) is 0. The first kappa shape index (κ1) is 12.4. The molecule has 1 aromatic carbocycles. The molecular formula is C13H15NO4. The summed E-state index contributed by atoms with van der Waals surface area (Å²) < 4.78 is 10.3. The SMILES string of the molecule is CCOC(=O)CN1C(=O)C(C)Oc2ccccc21. The van der Waals surface area contributed by atoms with Crippen LogP contribution in [0.2, 0.25) is 0 Å². The maximum atomic E-state index is 12.0. The number of anilines is 1. The summed E-state index contributed by atoms with van der Waals surface area (Å²) >= 11 is 0. The number of para-hydroxylation sites is 2. The van der Waals surface area contributed by atoms with E-state index in [-0.39, 0.29) is 12.5 Å². The summed E-state index contributed by atoms with van der Waals surface area (Å²) in [5.74, 6) is -0.0506. The van der Waals surface area contributed by atoms with Gasteiger partial charge in [-0.25, -0.2) is 0 Å². The molecule has 0 saturated heterocycles. The first-order valence-corrected chi connectivity index (χ1v) is 5.86. The van der Waals surface area contributed by atoms with Crippen molar-refractivity contribution in [1.82, 2.24) is 0 Å². The topological polar surface area (TPSA) is 55.8 Å². The lowest BCUT2D eigenvalue weighted by atomic mass is 10.2. The summed E-state index contributed by atoms with van der Waals surface area (Å²) in [4.78, 5) is 24.9. The van der Waals surface area contributed by atoms with Crippen LogP contribution in [-0.4, -0.2) is 31.1 Å². The molecule has 0 aromatic heterocycles. The molecule has 5 nitrogen and oxygen atoms in total. The Hall–Kier alpha value is -2.04. The number of hydrogen-bond acceptors (Lipinski definition) is 4. The molecule has 1 aliphatic rings. The molecule has 5 heteroatoms. The van der Waals surface area contributed by atoms with Crippen LogP contribution in [0.25, 0.3) is 0 Å². The molecular weight excluding hydrogens is 234 g/mol. The van der Waals surface area contributed by atoms with Gasteiger partial charge in [-0.15, -0.1) is 0 Å². The van der Waals surface area contributed by atoms with Gasteiger partial charge in [-0.2, -0.15) is 0 Å². The summed E-state index contributed by atoms with van der Waals surface area (Å²) in [5, 5.41) is 0. The third-order valence-corrected chi connectivity index (χ3v) is 2.67. The molecule has 1 amide bonds. The van der Waals surface area contributed by atoms with Gasteiger partial charge in [0.15, 0.2) is 6.10 Å². The van der Waals surface area contributed by atoms with E-state index in [0.717, 1.165) is 0 Å². The van der Waals surface area contributed by atoms with E-state index in [9.17, 15) is 9.59 Å². The lowest BCUT2D eigenvalue weighted by molar-refractivity contribution is -0.143. The third kappa shape index (κ3) is 2.30. The van der Waals surface area contributed by atoms with Gasteiger partial charge in [0.05, 0.1) is 12.3 Å². The number of fused-ring (bicyclic) bond motifs is 1. The van der Waals surface area contributed by atoms with E-state index in [4.69, 9.17) is 9.47 Å². The van der Waals surface area contributed by atoms with E-state index in [1.54, 1.807) is 32.0 Å². The highest BCUT2D eigenvalue weighted by Gasteiger charge is 2.32. The molecule has 1 heterocycles. The lowest BCUT2D eigenvalue weighted by Gasteiger charge is -2.32. The zero-order valence-corrected chi connectivity index (χ0v) is 10.4. The molecule has 1 aromatic rings. The number of carbonyl (C=O) groups is 2. The normalized spacial score (nSPS) is 18.0. The Morgan fingerprint density at radius 3 is 2.89 bits per heavy atom. The van der Waals surface area contributed by atoms with E-state index in [0.29, 0.717) is 18.0 Å². The number of rotatable bonds is 3. The molecule has 0 bridgehead atoms. The van der Waals surface area contributed by atoms with Crippen molar-refractivity contribution in [3.63, 3.8) is 0 Å². The minimum atomic E-state index is -0.589. The quantitative estimate of drug-likeness (QED) is 0.759. The standard InChI is InChI=1S/C13H15NO4/c1-3-17-12(15)8-14-10-6-4-5-7-11(10)18-9(2)13(14)16/h4-7,9H,3,8H2,1-2H3. The van der Waals surface area contributed by atoms with Crippen molar-refractivity contribution in [1.29, 1.82) is 0 Å². The van der Waals surface area contributed by atoms with Crippen molar-refractivity contribution in [3.8, 4) is 5.75 Å². The number of esters is 1. The molecule has 96 valence electrons. The van der Waals surface area contributed by atoms with Crippen molar-refractivity contribution >= 4 is 17.6 Å². The highest BCUT2D eigenvalue weighted by atomic mass is 16.5. The first-order chi connectivity index (χ1) is 8.63. The zero-order chi connectivity index (χ0) is 13.1. The Morgan fingerprint density at radius 1 is 1.44 bits per heavy atom. The number of benzene rings is 1. The van der Waals surface area contributed by atoms with Crippen molar-refractivity contribution in [2.75, 3.05) is 18.1 Å². The summed E-state index contributed by atoms with van der Waals surface area (Å²) in [6.45, 7) is 3.61. The Balaban J connectivity index is 2.27. The average molecular weight is 249 g/mol. The fourth-order valence-corrected chi connectivity index (χ4v) is 1.86. The van der Waals surface area contributed by atoms with E-state index >= 15 is 0 Å². The molecule has 0 radical (unpaired) electrons. The zero-order valence-electron chi connectivity index (χ0n) is 10.4. The number of ether oxygens (including phenoxy) is 2. The van der Waals surface area contributed by atoms with Crippen LogP contribution in [0, 0.1) is 0 Å². The van der Waals surface area contributed by atoms with Crippen LogP contribution in [0.1, 0.15) is 13.8 Å². The van der Waals surface area contributed by atoms with Gasteiger partial charge in [0.25, 0.3) is 5.91 Å². The van der Waals surface area contributed by atoms with Crippen LogP contribution in [0.4, 0.5) is 5.69 Å². The summed E-state index contributed by atoms with van der Waals surface area (Å²) in [6.07, 6.45) is -0.589. The van der Waals surface area contributed by atoms with Crippen LogP contribution in [0.5, 0.6) is 5.75 Å². The fraction of sp³-hybridized carbons (Fsp3) is 0.385. The fourth-order valence-electron chi connectivity index (χ4n) is 1.86. The average Bonchev–Trinajstić information content (AvgIpc) is 2.35. The van der Waals surface area contributed by atoms with E-state index in [1.165, 1.54) is 4.90 Å². The second kappa shape index (κ2) is 5.08. The molecule has 18 heavy (non-hydrogen) atoms. The van der Waals surface area contributed by atoms with E-state index in [1.807, 2.05) is 6.07 Å². The molecule has 1 atom stereocenters. The third-order valence-electron chi connectivity index (χ3n) is 2.67. The van der Waals surface area contributed by atoms with Gasteiger partial charge >= 0.3 is 5.97 Å². The van der Waals surface area contributed by atoms with Crippen LogP contribution in [0.15, 0.2) is 24.3 Å². The van der Waals surface area contributed by atoms with Crippen molar-refractivity contribution in [2.24, 2.45) is 0 Å². The van der Waals surface area contributed by atoms with E-state index in [2.05, 4.69) is 0 Å². The number of nitrogens with zero attached hydrogens (tertiary/aromatic N) is 1. The largest absolute Gasteiger partial charge is 0.479 e. The van der Waals surface area contributed by atoms with Gasteiger partial charge in [0.1, 0.15) is 12.3 Å². The van der Waals surface area contributed by atoms with Crippen molar-refractivity contribution in [2.45, 2.75) is 20.0 Å². The molecule has 0 N–H and O–H groups in total. The van der Waals surface area contributed by atoms with Gasteiger partial charge in [-0.3, -0.25) is 14.5 Å². The second-order valence-corrected chi connectivity index (χ2v) is 3.96. The van der Waals surface area contributed by atoms with Crippen molar-refractivity contribution < 1.29 is 19.1 Å². The minimum Gasteiger partial charge on any atom is -0.479 e. The lowest BCUT2D eigenvalue weighted by Crippen LogP contribution is -2.47. The summed E-state index contributed by atoms with van der Waals surface area (Å²) in [5.41, 5.74) is 0.605. The molecule has 0 aliphatic carbocycles. The van der Waals surface area contributed by atoms with Crippen LogP contribution in [-0.2, 0) is 14.3 Å². The predicted molar refractivity (Wildman–Crippen MR) is 65.5 cm³/mol. The van der Waals surface area contributed by atoms with Gasteiger partial charge in [-0.1, -0.05) is 12.1 Å². The van der Waals surface area contributed by atoms with E-state index < -0.39 is 12.1 Å². The molecule has 0 spiro atoms. The smallest absolute Gasteiger partial charge is 0.326 e. The second-order valence-electron chi connectivity index (χ2n) is 3.96. The Morgan fingerprint density at radius 2 is 2.17 bits per heavy atom. The number of amides is 1. The van der Waals surface area contributed by atoms with Crippen molar-refractivity contribution in [3.05, 3.63) is 24.3 Å². The van der Waals surface area contributed by atoms with Crippen LogP contribution in [0.3, 0.4) is 0 Å². The number of hydrogen-bond donors (Lipinski definition) is 0. The van der Waals surface area contributed by atoms with Crippen LogP contribution < -0.4 is 9.64 Å². The maximum absolute atomic E-state index is 12.0. The highest BCUT2D eigenvalue weighted by Crippen LogP contribution is 2.33. The van der Waals surface area contributed by atoms with Gasteiger partial charge in [0.2, 0.25) is 0 Å². The van der Waals surface area contributed by atoms with Gasteiger partial charge in [-0.05, 0) is 26.0 Å². The first-order valence-electron chi connectivity index (χ1n) is 5.86. The number of carbonyl (C=O) groups excluding carboxylic acids is 2. The molecule has 2 rings (SSSR count).